The first kappa shape index (κ1) is 21.9. The van der Waals surface area contributed by atoms with Crippen LogP contribution in [0.15, 0.2) is 78.6 Å². The van der Waals surface area contributed by atoms with Crippen molar-refractivity contribution in [2.75, 3.05) is 24.6 Å². The SMILES string of the molecule is O=C(CN1C(=O)C(=Cc2cccc(Cl)c2)Oc2ccccc21)NCC1COc2ccccc2O1. The van der Waals surface area contributed by atoms with Gasteiger partial charge in [-0.25, -0.2) is 0 Å². The van der Waals surface area contributed by atoms with Crippen LogP contribution in [-0.4, -0.2) is 37.6 Å². The lowest BCUT2D eigenvalue weighted by Gasteiger charge is -2.30. The van der Waals surface area contributed by atoms with Crippen LogP contribution < -0.4 is 24.4 Å². The van der Waals surface area contributed by atoms with E-state index in [-0.39, 0.29) is 30.9 Å². The van der Waals surface area contributed by atoms with Crippen LogP contribution in [-0.2, 0) is 9.59 Å². The van der Waals surface area contributed by atoms with Crippen molar-refractivity contribution in [2.24, 2.45) is 0 Å². The number of anilines is 1. The van der Waals surface area contributed by atoms with Crippen LogP contribution in [0.25, 0.3) is 6.08 Å². The third-order valence-electron chi connectivity index (χ3n) is 5.37. The number of halogens is 1. The van der Waals surface area contributed by atoms with Gasteiger partial charge in [0, 0.05) is 5.02 Å². The van der Waals surface area contributed by atoms with E-state index in [1.165, 1.54) is 4.90 Å². The zero-order valence-corrected chi connectivity index (χ0v) is 18.8. The molecule has 2 aliphatic heterocycles. The molecule has 0 saturated carbocycles. The molecule has 0 saturated heterocycles. The molecule has 1 unspecified atom stereocenters. The van der Waals surface area contributed by atoms with Crippen molar-refractivity contribution in [2.45, 2.75) is 6.10 Å². The van der Waals surface area contributed by atoms with Gasteiger partial charge in [0.25, 0.3) is 5.91 Å². The van der Waals surface area contributed by atoms with Crippen molar-refractivity contribution >= 4 is 35.2 Å². The predicted molar refractivity (Wildman–Crippen MR) is 128 cm³/mol. The van der Waals surface area contributed by atoms with Gasteiger partial charge in [-0.05, 0) is 48.0 Å². The molecule has 5 rings (SSSR count). The van der Waals surface area contributed by atoms with Gasteiger partial charge >= 0.3 is 0 Å². The summed E-state index contributed by atoms with van der Waals surface area (Å²) in [7, 11) is 0. The highest BCUT2D eigenvalue weighted by molar-refractivity contribution is 6.30. The number of para-hydroxylation sites is 4. The van der Waals surface area contributed by atoms with Gasteiger partial charge in [0.1, 0.15) is 19.3 Å². The van der Waals surface area contributed by atoms with Crippen LogP contribution in [0.5, 0.6) is 17.2 Å². The standard InChI is InChI=1S/C26H21ClN2O5/c27-18-7-5-6-17(12-18)13-24-26(31)29(20-8-1-2-9-21(20)34-24)15-25(30)28-14-19-16-32-22-10-3-4-11-23(22)33-19/h1-13,19H,14-16H2,(H,28,30). The average molecular weight is 477 g/mol. The summed E-state index contributed by atoms with van der Waals surface area (Å²) >= 11 is 6.07. The van der Waals surface area contributed by atoms with Crippen LogP contribution in [0.4, 0.5) is 5.69 Å². The predicted octanol–water partition coefficient (Wildman–Crippen LogP) is 4.06. The number of fused-ring (bicyclic) bond motifs is 2. The molecule has 8 heteroatoms. The van der Waals surface area contributed by atoms with Crippen LogP contribution in [0, 0.1) is 0 Å². The molecule has 0 aromatic heterocycles. The Morgan fingerprint density at radius 3 is 2.62 bits per heavy atom. The maximum absolute atomic E-state index is 13.2. The number of carbonyl (C=O) groups excluding carboxylic acids is 2. The molecule has 34 heavy (non-hydrogen) atoms. The molecule has 2 heterocycles. The fraction of sp³-hybridized carbons (Fsp3) is 0.154. The molecule has 0 bridgehead atoms. The van der Waals surface area contributed by atoms with Gasteiger partial charge in [-0.3, -0.25) is 14.5 Å². The summed E-state index contributed by atoms with van der Waals surface area (Å²) < 4.78 is 17.4. The summed E-state index contributed by atoms with van der Waals surface area (Å²) in [4.78, 5) is 27.4. The first-order chi connectivity index (χ1) is 16.6. The highest BCUT2D eigenvalue weighted by atomic mass is 35.5. The Morgan fingerprint density at radius 1 is 1.03 bits per heavy atom. The first-order valence-corrected chi connectivity index (χ1v) is 11.2. The number of hydrogen-bond acceptors (Lipinski definition) is 5. The van der Waals surface area contributed by atoms with Gasteiger partial charge in [0.05, 0.1) is 12.2 Å². The monoisotopic (exact) mass is 476 g/mol. The van der Waals surface area contributed by atoms with Crippen molar-refractivity contribution in [3.05, 3.63) is 89.1 Å². The normalized spacial score (nSPS) is 17.7. The van der Waals surface area contributed by atoms with E-state index in [9.17, 15) is 9.59 Å². The number of carbonyl (C=O) groups is 2. The minimum atomic E-state index is -0.417. The number of nitrogens with one attached hydrogen (secondary N) is 1. The third kappa shape index (κ3) is 4.70. The van der Waals surface area contributed by atoms with Gasteiger partial charge in [-0.2, -0.15) is 0 Å². The first-order valence-electron chi connectivity index (χ1n) is 10.8. The second-order valence-corrected chi connectivity index (χ2v) is 8.26. The topological polar surface area (TPSA) is 77.1 Å². The maximum Gasteiger partial charge on any atom is 0.294 e. The Morgan fingerprint density at radius 2 is 1.79 bits per heavy atom. The van der Waals surface area contributed by atoms with E-state index in [2.05, 4.69) is 5.32 Å². The lowest BCUT2D eigenvalue weighted by Crippen LogP contribution is -2.47. The van der Waals surface area contributed by atoms with E-state index in [0.717, 1.165) is 5.56 Å². The van der Waals surface area contributed by atoms with Gasteiger partial charge in [-0.15, -0.1) is 0 Å². The lowest BCUT2D eigenvalue weighted by molar-refractivity contribution is -0.123. The number of amides is 2. The molecule has 0 aliphatic carbocycles. The molecule has 7 nitrogen and oxygen atoms in total. The van der Waals surface area contributed by atoms with Gasteiger partial charge < -0.3 is 19.5 Å². The zero-order valence-electron chi connectivity index (χ0n) is 18.1. The van der Waals surface area contributed by atoms with E-state index >= 15 is 0 Å². The Kier molecular flexibility index (Phi) is 6.10. The Balaban J connectivity index is 1.29. The minimum absolute atomic E-state index is 0.106. The van der Waals surface area contributed by atoms with E-state index < -0.39 is 5.91 Å². The van der Waals surface area contributed by atoms with Crippen LogP contribution in [0.3, 0.4) is 0 Å². The molecular weight excluding hydrogens is 456 g/mol. The molecule has 0 fully saturated rings. The molecule has 3 aromatic carbocycles. The smallest absolute Gasteiger partial charge is 0.294 e. The number of nitrogens with zero attached hydrogens (tertiary/aromatic N) is 1. The Hall–Kier alpha value is -3.97. The molecule has 0 radical (unpaired) electrons. The molecule has 2 aliphatic rings. The summed E-state index contributed by atoms with van der Waals surface area (Å²) in [6.07, 6.45) is 1.28. The molecule has 1 N–H and O–H groups in total. The van der Waals surface area contributed by atoms with Crippen molar-refractivity contribution in [1.29, 1.82) is 0 Å². The number of hydrogen-bond donors (Lipinski definition) is 1. The van der Waals surface area contributed by atoms with E-state index in [1.807, 2.05) is 36.4 Å². The van der Waals surface area contributed by atoms with E-state index in [0.29, 0.717) is 34.6 Å². The van der Waals surface area contributed by atoms with Crippen molar-refractivity contribution in [1.82, 2.24) is 5.32 Å². The van der Waals surface area contributed by atoms with Crippen LogP contribution in [0.1, 0.15) is 5.56 Å². The lowest BCUT2D eigenvalue weighted by atomic mass is 10.1. The second kappa shape index (κ2) is 9.49. The molecule has 3 aromatic rings. The van der Waals surface area contributed by atoms with Crippen molar-refractivity contribution in [3.8, 4) is 17.2 Å². The quantitative estimate of drug-likeness (QED) is 0.562. The highest BCUT2D eigenvalue weighted by Gasteiger charge is 2.32. The van der Waals surface area contributed by atoms with Gasteiger partial charge in [0.15, 0.2) is 23.0 Å². The van der Waals surface area contributed by atoms with Gasteiger partial charge in [0.2, 0.25) is 5.91 Å². The van der Waals surface area contributed by atoms with Gasteiger partial charge in [-0.1, -0.05) is 48.0 Å². The number of benzene rings is 3. The minimum Gasteiger partial charge on any atom is -0.486 e. The molecule has 172 valence electrons. The largest absolute Gasteiger partial charge is 0.486 e. The molecule has 0 spiro atoms. The number of ether oxygens (including phenoxy) is 3. The molecule has 2 amide bonds. The fourth-order valence-corrected chi connectivity index (χ4v) is 3.96. The van der Waals surface area contributed by atoms with Crippen molar-refractivity contribution < 1.29 is 23.8 Å². The summed E-state index contributed by atoms with van der Waals surface area (Å²) in [6.45, 7) is 0.401. The summed E-state index contributed by atoms with van der Waals surface area (Å²) in [6, 6.07) is 21.6. The fourth-order valence-electron chi connectivity index (χ4n) is 3.76. The van der Waals surface area contributed by atoms with E-state index in [1.54, 1.807) is 42.5 Å². The van der Waals surface area contributed by atoms with Crippen molar-refractivity contribution in [3.63, 3.8) is 0 Å². The molecule has 1 atom stereocenters. The van der Waals surface area contributed by atoms with E-state index in [4.69, 9.17) is 25.8 Å². The summed E-state index contributed by atoms with van der Waals surface area (Å²) in [5, 5.41) is 3.39. The maximum atomic E-state index is 13.2. The highest BCUT2D eigenvalue weighted by Crippen LogP contribution is 2.35. The summed E-state index contributed by atoms with van der Waals surface area (Å²) in [5.41, 5.74) is 1.24. The second-order valence-electron chi connectivity index (χ2n) is 7.83. The van der Waals surface area contributed by atoms with Crippen LogP contribution in [0.2, 0.25) is 5.02 Å². The Labute approximate surface area is 201 Å². The zero-order chi connectivity index (χ0) is 23.5. The summed E-state index contributed by atoms with van der Waals surface area (Å²) in [5.74, 6) is 1.17. The van der Waals surface area contributed by atoms with Crippen LogP contribution >= 0.6 is 11.6 Å². The average Bonchev–Trinajstić information content (AvgIpc) is 2.85. The third-order valence-corrected chi connectivity index (χ3v) is 5.61. The molecular formula is C26H21ClN2O5. The Bertz CT molecular complexity index is 1280. The number of rotatable bonds is 5.